The Balaban J connectivity index is 1.83. The molecule has 3 aromatic carbocycles. The van der Waals surface area contributed by atoms with Gasteiger partial charge in [0.1, 0.15) is 16.9 Å². The van der Waals surface area contributed by atoms with Crippen LogP contribution in [0.2, 0.25) is 15.1 Å². The van der Waals surface area contributed by atoms with Crippen LogP contribution in [-0.4, -0.2) is 21.6 Å². The number of nitrogens with one attached hydrogen (secondary N) is 2. The number of nitro groups is 1. The molecule has 4 rings (SSSR count). The van der Waals surface area contributed by atoms with Gasteiger partial charge in [0.2, 0.25) is 0 Å². The van der Waals surface area contributed by atoms with Crippen molar-refractivity contribution in [1.29, 1.82) is 0 Å². The van der Waals surface area contributed by atoms with Crippen molar-refractivity contribution in [2.24, 2.45) is 5.10 Å². The van der Waals surface area contributed by atoms with Gasteiger partial charge in [0.15, 0.2) is 5.71 Å². The maximum atomic E-state index is 13.3. The highest BCUT2D eigenvalue weighted by molar-refractivity contribution is 6.51. The molecule has 0 saturated heterocycles. The van der Waals surface area contributed by atoms with E-state index in [1.807, 2.05) is 0 Å². The third kappa shape index (κ3) is 5.10. The average molecular weight is 548 g/mol. The first-order valence-electron chi connectivity index (χ1n) is 9.95. The predicted octanol–water partition coefficient (Wildman–Crippen LogP) is 5.82. The van der Waals surface area contributed by atoms with E-state index in [-0.39, 0.29) is 26.7 Å². The van der Waals surface area contributed by atoms with Gasteiger partial charge in [0.25, 0.3) is 11.6 Å². The molecular weight excluding hydrogens is 535 g/mol. The topological polar surface area (TPSA) is 147 Å². The molecule has 0 spiro atoms. The second kappa shape index (κ2) is 10.2. The van der Waals surface area contributed by atoms with Gasteiger partial charge in [-0.05, 0) is 30.3 Å². The maximum absolute atomic E-state index is 13.3. The summed E-state index contributed by atoms with van der Waals surface area (Å²) in [6, 6.07) is 14.5. The van der Waals surface area contributed by atoms with Crippen molar-refractivity contribution < 1.29 is 19.2 Å². The van der Waals surface area contributed by atoms with Crippen molar-refractivity contribution in [2.75, 3.05) is 10.7 Å². The standard InChI is InChI=1S/C23H13Cl3N4O6/c24-11-4-3-5-12(8-11)28-29-20(18-21(31)14-6-1-2-7-17(14)36-23(18)33)22(32)27-19-15(25)9-13(30(34)35)10-16(19)26/h1-10,28,31H,(H,27,32). The summed E-state index contributed by atoms with van der Waals surface area (Å²) < 4.78 is 5.26. The number of para-hydroxylation sites is 1. The van der Waals surface area contributed by atoms with Crippen LogP contribution < -0.4 is 16.4 Å². The summed E-state index contributed by atoms with van der Waals surface area (Å²) in [6.07, 6.45) is 0. The molecule has 4 aromatic rings. The van der Waals surface area contributed by atoms with Gasteiger partial charge in [-0.1, -0.05) is 53.0 Å². The first-order valence-corrected chi connectivity index (χ1v) is 11.1. The SMILES string of the molecule is O=C(Nc1c(Cl)cc([N+](=O)[O-])cc1Cl)C(=NNc1cccc(Cl)c1)c1c(O)c2ccccc2oc1=O. The summed E-state index contributed by atoms with van der Waals surface area (Å²) in [7, 11) is 0. The van der Waals surface area contributed by atoms with E-state index in [1.165, 1.54) is 18.2 Å². The van der Waals surface area contributed by atoms with E-state index < -0.39 is 39.2 Å². The summed E-state index contributed by atoms with van der Waals surface area (Å²) in [5, 5.41) is 28.4. The van der Waals surface area contributed by atoms with E-state index in [2.05, 4.69) is 15.8 Å². The zero-order chi connectivity index (χ0) is 26.0. The van der Waals surface area contributed by atoms with Gasteiger partial charge in [0, 0.05) is 17.2 Å². The number of benzene rings is 3. The molecule has 0 unspecified atom stereocenters. The lowest BCUT2D eigenvalue weighted by Crippen LogP contribution is -2.29. The molecule has 0 bridgehead atoms. The predicted molar refractivity (Wildman–Crippen MR) is 138 cm³/mol. The minimum absolute atomic E-state index is 0.0905. The van der Waals surface area contributed by atoms with Crippen LogP contribution >= 0.6 is 34.8 Å². The molecular formula is C23H13Cl3N4O6. The van der Waals surface area contributed by atoms with Crippen LogP contribution in [0.1, 0.15) is 5.56 Å². The summed E-state index contributed by atoms with van der Waals surface area (Å²) in [6.45, 7) is 0. The lowest BCUT2D eigenvalue weighted by molar-refractivity contribution is -0.384. The molecule has 1 amide bonds. The van der Waals surface area contributed by atoms with Crippen molar-refractivity contribution in [3.05, 3.63) is 102 Å². The lowest BCUT2D eigenvalue weighted by Gasteiger charge is -2.13. The first-order chi connectivity index (χ1) is 17.2. The Kier molecular flexibility index (Phi) is 7.11. The number of non-ortho nitro benzene ring substituents is 1. The van der Waals surface area contributed by atoms with Gasteiger partial charge in [-0.3, -0.25) is 20.3 Å². The Morgan fingerprint density at radius 3 is 2.39 bits per heavy atom. The molecule has 36 heavy (non-hydrogen) atoms. The molecule has 0 aliphatic heterocycles. The average Bonchev–Trinajstić information content (AvgIpc) is 2.83. The smallest absolute Gasteiger partial charge is 0.349 e. The molecule has 13 heteroatoms. The van der Waals surface area contributed by atoms with Crippen LogP contribution in [0.25, 0.3) is 11.0 Å². The highest BCUT2D eigenvalue weighted by Crippen LogP contribution is 2.35. The number of rotatable bonds is 6. The van der Waals surface area contributed by atoms with E-state index in [9.17, 15) is 24.8 Å². The minimum atomic E-state index is -1.05. The van der Waals surface area contributed by atoms with Gasteiger partial charge in [-0.15, -0.1) is 0 Å². The fourth-order valence-corrected chi connectivity index (χ4v) is 3.96. The van der Waals surface area contributed by atoms with Crippen LogP contribution in [0.4, 0.5) is 17.1 Å². The molecule has 0 saturated carbocycles. The molecule has 0 radical (unpaired) electrons. The zero-order valence-electron chi connectivity index (χ0n) is 17.8. The van der Waals surface area contributed by atoms with Crippen LogP contribution in [-0.2, 0) is 4.79 Å². The van der Waals surface area contributed by atoms with Gasteiger partial charge >= 0.3 is 5.63 Å². The fraction of sp³-hybridized carbons (Fsp3) is 0. The Morgan fingerprint density at radius 1 is 1.03 bits per heavy atom. The minimum Gasteiger partial charge on any atom is -0.506 e. The van der Waals surface area contributed by atoms with E-state index >= 15 is 0 Å². The highest BCUT2D eigenvalue weighted by atomic mass is 35.5. The quantitative estimate of drug-likeness (QED) is 0.119. The summed E-state index contributed by atoms with van der Waals surface area (Å²) in [5.74, 6) is -1.58. The van der Waals surface area contributed by atoms with Crippen molar-refractivity contribution >= 4 is 74.5 Å². The number of hydrazone groups is 1. The Labute approximate surface area is 216 Å². The molecule has 10 nitrogen and oxygen atoms in total. The van der Waals surface area contributed by atoms with Crippen LogP contribution in [0, 0.1) is 10.1 Å². The van der Waals surface area contributed by atoms with Gasteiger partial charge in [0.05, 0.1) is 31.7 Å². The van der Waals surface area contributed by atoms with Crippen molar-refractivity contribution in [3.63, 3.8) is 0 Å². The second-order valence-corrected chi connectivity index (χ2v) is 8.44. The summed E-state index contributed by atoms with van der Waals surface area (Å²) >= 11 is 18.2. The Hall–Kier alpha value is -4.12. The number of carbonyl (C=O) groups excluding carboxylic acids is 1. The summed E-state index contributed by atoms with van der Waals surface area (Å²) in [5.41, 5.74) is 0.310. The van der Waals surface area contributed by atoms with Crippen molar-refractivity contribution in [2.45, 2.75) is 0 Å². The third-order valence-corrected chi connectivity index (χ3v) is 5.67. The summed E-state index contributed by atoms with van der Waals surface area (Å²) in [4.78, 5) is 36.5. The Bertz CT molecular complexity index is 1600. The number of halogens is 3. The maximum Gasteiger partial charge on any atom is 0.349 e. The number of hydrogen-bond acceptors (Lipinski definition) is 8. The van der Waals surface area contributed by atoms with Crippen molar-refractivity contribution in [3.8, 4) is 5.75 Å². The fourth-order valence-electron chi connectivity index (χ4n) is 3.20. The van der Waals surface area contributed by atoms with Gasteiger partial charge < -0.3 is 14.8 Å². The van der Waals surface area contributed by atoms with Crippen LogP contribution in [0.5, 0.6) is 5.75 Å². The molecule has 0 aliphatic carbocycles. The van der Waals surface area contributed by atoms with E-state index in [0.29, 0.717) is 10.7 Å². The molecule has 182 valence electrons. The first kappa shape index (κ1) is 25.0. The second-order valence-electron chi connectivity index (χ2n) is 7.19. The van der Waals surface area contributed by atoms with E-state index in [4.69, 9.17) is 39.2 Å². The molecule has 1 heterocycles. The van der Waals surface area contributed by atoms with E-state index in [0.717, 1.165) is 12.1 Å². The monoisotopic (exact) mass is 546 g/mol. The van der Waals surface area contributed by atoms with E-state index in [1.54, 1.807) is 30.3 Å². The number of amides is 1. The van der Waals surface area contributed by atoms with Crippen LogP contribution in [0.3, 0.4) is 0 Å². The number of nitro benzene ring substituents is 1. The normalized spacial score (nSPS) is 11.4. The number of anilines is 2. The molecule has 3 N–H and O–H groups in total. The third-order valence-electron chi connectivity index (χ3n) is 4.84. The number of carbonyl (C=O) groups is 1. The number of fused-ring (bicyclic) bond motifs is 1. The van der Waals surface area contributed by atoms with Crippen LogP contribution in [0.15, 0.2) is 75.0 Å². The largest absolute Gasteiger partial charge is 0.506 e. The lowest BCUT2D eigenvalue weighted by atomic mass is 10.1. The number of aromatic hydroxyl groups is 1. The highest BCUT2D eigenvalue weighted by Gasteiger charge is 2.27. The molecule has 0 fully saturated rings. The number of nitrogens with zero attached hydrogens (tertiary/aromatic N) is 2. The molecule has 0 aliphatic rings. The zero-order valence-corrected chi connectivity index (χ0v) is 20.1. The van der Waals surface area contributed by atoms with Crippen molar-refractivity contribution in [1.82, 2.24) is 0 Å². The Morgan fingerprint density at radius 2 is 1.72 bits per heavy atom. The van der Waals surface area contributed by atoms with Gasteiger partial charge in [-0.2, -0.15) is 5.10 Å². The molecule has 0 atom stereocenters. The number of hydrogen-bond donors (Lipinski definition) is 3. The van der Waals surface area contributed by atoms with Gasteiger partial charge in [-0.25, -0.2) is 4.79 Å². The molecule has 1 aromatic heterocycles.